The Hall–Kier alpha value is -3.09. The molecule has 0 amide bonds. The van der Waals surface area contributed by atoms with Gasteiger partial charge in [0.2, 0.25) is 0 Å². The molecule has 3 N–H and O–H groups in total. The number of anilines is 1. The maximum atomic E-state index is 15.5. The lowest BCUT2D eigenvalue weighted by molar-refractivity contribution is -0.359. The summed E-state index contributed by atoms with van der Waals surface area (Å²) in [6.07, 6.45) is -0.0678. The van der Waals surface area contributed by atoms with Crippen LogP contribution in [0.4, 0.5) is 23.4 Å². The number of ether oxygens (including phenoxy) is 1. The summed E-state index contributed by atoms with van der Waals surface area (Å²) < 4.78 is 61.1. The van der Waals surface area contributed by atoms with Crippen LogP contribution >= 0.6 is 0 Å². The first-order valence-corrected chi connectivity index (χ1v) is 9.72. The lowest BCUT2D eigenvalue weighted by atomic mass is 9.79. The molecule has 1 aromatic heterocycles. The Morgan fingerprint density at radius 2 is 1.80 bits per heavy atom. The van der Waals surface area contributed by atoms with Crippen LogP contribution in [0.15, 0.2) is 54.7 Å². The first-order chi connectivity index (χ1) is 14.3. The van der Waals surface area contributed by atoms with E-state index >= 15 is 4.39 Å². The highest BCUT2D eigenvalue weighted by Crippen LogP contribution is 2.44. The molecular weight excluding hydrogens is 396 g/mol. The zero-order valence-electron chi connectivity index (χ0n) is 16.1. The van der Waals surface area contributed by atoms with E-state index in [4.69, 9.17) is 10.5 Å². The summed E-state index contributed by atoms with van der Waals surface area (Å²) in [5, 5.41) is 0. The smallest absolute Gasteiger partial charge is 0.416 e. The monoisotopic (exact) mass is 417 g/mol. The van der Waals surface area contributed by atoms with Gasteiger partial charge in [-0.15, -0.1) is 0 Å². The first-order valence-electron chi connectivity index (χ1n) is 9.72. The molecule has 7 heteroatoms. The summed E-state index contributed by atoms with van der Waals surface area (Å²) in [6, 6.07) is 12.0. The van der Waals surface area contributed by atoms with Gasteiger partial charge in [0.15, 0.2) is 11.6 Å². The number of aromatic nitrogens is 1. The minimum Gasteiger partial charge on any atom is -0.485 e. The highest BCUT2D eigenvalue weighted by Gasteiger charge is 2.33. The van der Waals surface area contributed by atoms with E-state index in [2.05, 4.69) is 4.98 Å². The number of nitrogens with one attached hydrogen (secondary N) is 1. The summed E-state index contributed by atoms with van der Waals surface area (Å²) in [5.41, 5.74) is 6.42. The van der Waals surface area contributed by atoms with E-state index in [-0.39, 0.29) is 23.8 Å². The molecule has 3 nitrogen and oxygen atoms in total. The number of aromatic amines is 1. The maximum absolute atomic E-state index is 15.5. The maximum Gasteiger partial charge on any atom is 0.416 e. The number of hydrogen-bond donors (Lipinski definition) is 1. The zero-order chi connectivity index (χ0) is 21.3. The fraction of sp³-hybridized carbons (Fsp3) is 0.261. The fourth-order valence-electron chi connectivity index (χ4n) is 3.66. The molecule has 1 heterocycles. The number of benzene rings is 2. The molecule has 156 valence electrons. The fourth-order valence-corrected chi connectivity index (χ4v) is 3.66. The van der Waals surface area contributed by atoms with Crippen molar-refractivity contribution in [3.8, 4) is 16.9 Å². The highest BCUT2D eigenvalue weighted by molar-refractivity contribution is 5.66. The van der Waals surface area contributed by atoms with Gasteiger partial charge in [-0.05, 0) is 30.9 Å². The predicted octanol–water partition coefficient (Wildman–Crippen LogP) is 5.75. The van der Waals surface area contributed by atoms with E-state index in [1.807, 2.05) is 6.07 Å². The van der Waals surface area contributed by atoms with Gasteiger partial charge in [0, 0.05) is 28.3 Å². The van der Waals surface area contributed by atoms with Crippen molar-refractivity contribution in [2.75, 3.05) is 5.73 Å². The number of nitrogen functional groups attached to an aromatic ring is 1. The second kappa shape index (κ2) is 7.97. The van der Waals surface area contributed by atoms with Crippen LogP contribution in [0, 0.1) is 5.82 Å². The molecule has 4 rings (SSSR count). The van der Waals surface area contributed by atoms with E-state index < -0.39 is 17.6 Å². The van der Waals surface area contributed by atoms with Gasteiger partial charge in [0.1, 0.15) is 6.61 Å². The summed E-state index contributed by atoms with van der Waals surface area (Å²) in [4.78, 5) is 2.83. The SMILES string of the molecule is Nc1ccc(-c2ccc(C3CCC3)c(OCc3ccccc3C(F)(F)F)c2F)c[nH+]1. The molecule has 3 aromatic rings. The van der Waals surface area contributed by atoms with Crippen LogP contribution in [0.2, 0.25) is 0 Å². The van der Waals surface area contributed by atoms with Crippen molar-refractivity contribution in [2.45, 2.75) is 38.0 Å². The van der Waals surface area contributed by atoms with E-state index in [0.717, 1.165) is 25.3 Å². The van der Waals surface area contributed by atoms with E-state index in [1.54, 1.807) is 24.4 Å². The number of rotatable bonds is 5. The van der Waals surface area contributed by atoms with Crippen molar-refractivity contribution in [1.29, 1.82) is 0 Å². The van der Waals surface area contributed by atoms with Gasteiger partial charge in [-0.25, -0.2) is 9.37 Å². The van der Waals surface area contributed by atoms with Crippen LogP contribution < -0.4 is 15.5 Å². The molecule has 0 bridgehead atoms. The van der Waals surface area contributed by atoms with Crippen LogP contribution in [0.25, 0.3) is 11.1 Å². The Labute approximate surface area is 171 Å². The summed E-state index contributed by atoms with van der Waals surface area (Å²) in [6.45, 7) is -0.371. The Morgan fingerprint density at radius 3 is 2.43 bits per heavy atom. The van der Waals surface area contributed by atoms with Crippen molar-refractivity contribution in [3.63, 3.8) is 0 Å². The Bertz CT molecular complexity index is 1040. The summed E-state index contributed by atoms with van der Waals surface area (Å²) in [5.74, 6) is 0.0259. The number of alkyl halides is 3. The molecule has 0 unspecified atom stereocenters. The van der Waals surface area contributed by atoms with Crippen molar-refractivity contribution in [2.24, 2.45) is 0 Å². The van der Waals surface area contributed by atoms with Crippen molar-refractivity contribution in [1.82, 2.24) is 0 Å². The quantitative estimate of drug-likeness (QED) is 0.537. The molecular formula is C23H21F4N2O+. The van der Waals surface area contributed by atoms with Gasteiger partial charge in [0.25, 0.3) is 5.82 Å². The molecule has 1 fully saturated rings. The lowest BCUT2D eigenvalue weighted by Gasteiger charge is -2.28. The molecule has 30 heavy (non-hydrogen) atoms. The third-order valence-electron chi connectivity index (χ3n) is 5.52. The van der Waals surface area contributed by atoms with Crippen LogP contribution in [0.3, 0.4) is 0 Å². The zero-order valence-corrected chi connectivity index (χ0v) is 16.1. The average molecular weight is 417 g/mol. The number of nitrogens with two attached hydrogens (primary N) is 1. The van der Waals surface area contributed by atoms with Crippen LogP contribution in [0.1, 0.15) is 41.9 Å². The summed E-state index contributed by atoms with van der Waals surface area (Å²) in [7, 11) is 0. The highest BCUT2D eigenvalue weighted by atomic mass is 19.4. The minimum atomic E-state index is -4.50. The van der Waals surface area contributed by atoms with Crippen LogP contribution in [-0.2, 0) is 12.8 Å². The van der Waals surface area contributed by atoms with E-state index in [0.29, 0.717) is 22.5 Å². The molecule has 1 aliphatic carbocycles. The second-order valence-corrected chi connectivity index (χ2v) is 7.45. The Morgan fingerprint density at radius 1 is 1.03 bits per heavy atom. The predicted molar refractivity (Wildman–Crippen MR) is 105 cm³/mol. The molecule has 2 aromatic carbocycles. The van der Waals surface area contributed by atoms with Gasteiger partial charge in [0.05, 0.1) is 11.8 Å². The second-order valence-electron chi connectivity index (χ2n) is 7.45. The van der Waals surface area contributed by atoms with E-state index in [9.17, 15) is 13.2 Å². The topological polar surface area (TPSA) is 49.4 Å². The minimum absolute atomic E-state index is 0.0194. The van der Waals surface area contributed by atoms with Gasteiger partial charge < -0.3 is 4.74 Å². The third-order valence-corrected chi connectivity index (χ3v) is 5.52. The summed E-state index contributed by atoms with van der Waals surface area (Å²) >= 11 is 0. The van der Waals surface area contributed by atoms with Crippen LogP contribution in [0.5, 0.6) is 5.75 Å². The van der Waals surface area contributed by atoms with E-state index in [1.165, 1.54) is 18.2 Å². The largest absolute Gasteiger partial charge is 0.485 e. The molecule has 0 spiro atoms. The Balaban J connectivity index is 1.71. The Kier molecular flexibility index (Phi) is 5.37. The van der Waals surface area contributed by atoms with Gasteiger partial charge >= 0.3 is 6.18 Å². The number of hydrogen-bond acceptors (Lipinski definition) is 2. The van der Waals surface area contributed by atoms with Crippen molar-refractivity contribution in [3.05, 3.63) is 77.2 Å². The standard InChI is InChI=1S/C23H20F4N2O/c24-21-17(15-8-11-20(28)29-12-15)9-10-18(14-5-3-6-14)22(21)30-13-16-4-1-2-7-19(16)23(25,26)27/h1-2,4,7-12,14H,3,5-6,13H2,(H2,28,29)/p+1. The molecule has 0 aliphatic heterocycles. The van der Waals surface area contributed by atoms with Gasteiger partial charge in [-0.3, -0.25) is 5.73 Å². The first kappa shape index (κ1) is 20.2. The number of pyridine rings is 1. The van der Waals surface area contributed by atoms with Crippen molar-refractivity contribution < 1.29 is 27.3 Å². The number of H-pyrrole nitrogens is 1. The van der Waals surface area contributed by atoms with Gasteiger partial charge in [-0.2, -0.15) is 13.2 Å². The van der Waals surface area contributed by atoms with Crippen LogP contribution in [-0.4, -0.2) is 0 Å². The molecule has 1 aliphatic rings. The van der Waals surface area contributed by atoms with Gasteiger partial charge in [-0.1, -0.05) is 36.8 Å². The molecule has 0 saturated heterocycles. The third kappa shape index (κ3) is 3.97. The lowest BCUT2D eigenvalue weighted by Crippen LogP contribution is -2.14. The molecule has 1 saturated carbocycles. The van der Waals surface area contributed by atoms with Crippen molar-refractivity contribution >= 4 is 5.82 Å². The average Bonchev–Trinajstić information content (AvgIpc) is 2.67. The molecule has 0 atom stereocenters. The molecule has 0 radical (unpaired) electrons. The number of halogens is 4. The normalized spacial score (nSPS) is 14.4.